The zero-order valence-electron chi connectivity index (χ0n) is 9.31. The Labute approximate surface area is 111 Å². The molecule has 0 aliphatic carbocycles. The Kier molecular flexibility index (Phi) is 5.49. The number of rotatable bonds is 5. The van der Waals surface area contributed by atoms with Crippen LogP contribution in [0.25, 0.3) is 0 Å². The molecule has 0 heterocycles. The summed E-state index contributed by atoms with van der Waals surface area (Å²) < 4.78 is 25.2. The number of hydrogen-bond donors (Lipinski definition) is 2. The lowest BCUT2D eigenvalue weighted by atomic mass is 10.1. The molecule has 7 heteroatoms. The molecule has 0 fully saturated rings. The van der Waals surface area contributed by atoms with Gasteiger partial charge in [0, 0.05) is 11.0 Å². The van der Waals surface area contributed by atoms with Gasteiger partial charge in [-0.15, -0.1) is 0 Å². The van der Waals surface area contributed by atoms with E-state index in [0.29, 0.717) is 4.47 Å². The van der Waals surface area contributed by atoms with Gasteiger partial charge in [0.05, 0.1) is 18.7 Å². The predicted octanol–water partition coefficient (Wildman–Crippen LogP) is 1.85. The molecule has 0 radical (unpaired) electrons. The van der Waals surface area contributed by atoms with Gasteiger partial charge in [-0.1, -0.05) is 15.9 Å². The average molecular weight is 324 g/mol. The maximum atomic E-state index is 12.3. The number of phenols is 1. The smallest absolute Gasteiger partial charge is 0.257 e. The summed E-state index contributed by atoms with van der Waals surface area (Å²) in [4.78, 5) is 12.7. The number of halogens is 3. The van der Waals surface area contributed by atoms with Crippen molar-refractivity contribution >= 4 is 21.8 Å². The van der Waals surface area contributed by atoms with Crippen molar-refractivity contribution in [3.05, 3.63) is 28.2 Å². The average Bonchev–Trinajstić information content (AvgIpc) is 2.27. The van der Waals surface area contributed by atoms with Crippen LogP contribution in [0.4, 0.5) is 8.78 Å². The summed E-state index contributed by atoms with van der Waals surface area (Å²) in [6, 6.07) is 4.15. The standard InChI is InChI=1S/C11H12BrF2NO3/c12-7-1-2-8(9(17)5-7)11(18)15(3-4-16)6-10(13)14/h1-2,5,10,16-17H,3-4,6H2. The van der Waals surface area contributed by atoms with Gasteiger partial charge in [0.25, 0.3) is 12.3 Å². The Morgan fingerprint density at radius 1 is 1.44 bits per heavy atom. The van der Waals surface area contributed by atoms with Crippen LogP contribution >= 0.6 is 15.9 Å². The molecule has 100 valence electrons. The zero-order valence-corrected chi connectivity index (χ0v) is 10.9. The second-order valence-corrected chi connectivity index (χ2v) is 4.44. The minimum absolute atomic E-state index is 0.0766. The quantitative estimate of drug-likeness (QED) is 0.869. The highest BCUT2D eigenvalue weighted by Gasteiger charge is 2.21. The molecule has 0 saturated heterocycles. The van der Waals surface area contributed by atoms with Gasteiger partial charge in [-0.05, 0) is 18.2 Å². The van der Waals surface area contributed by atoms with Crippen molar-refractivity contribution in [2.24, 2.45) is 0 Å². The van der Waals surface area contributed by atoms with Crippen molar-refractivity contribution < 1.29 is 23.8 Å². The highest BCUT2D eigenvalue weighted by molar-refractivity contribution is 9.10. The van der Waals surface area contributed by atoms with E-state index in [2.05, 4.69) is 15.9 Å². The largest absolute Gasteiger partial charge is 0.507 e. The van der Waals surface area contributed by atoms with E-state index in [1.54, 1.807) is 0 Å². The third kappa shape index (κ3) is 3.92. The van der Waals surface area contributed by atoms with Gasteiger partial charge in [0.1, 0.15) is 5.75 Å². The van der Waals surface area contributed by atoms with E-state index < -0.39 is 25.5 Å². The van der Waals surface area contributed by atoms with Crippen LogP contribution < -0.4 is 0 Å². The minimum atomic E-state index is -2.70. The maximum absolute atomic E-state index is 12.3. The number of phenolic OH excluding ortho intramolecular Hbond substituents is 1. The first-order valence-electron chi connectivity index (χ1n) is 5.12. The normalized spacial score (nSPS) is 10.7. The highest BCUT2D eigenvalue weighted by atomic mass is 79.9. The van der Waals surface area contributed by atoms with Gasteiger partial charge in [0.2, 0.25) is 0 Å². The number of benzene rings is 1. The topological polar surface area (TPSA) is 60.8 Å². The Hall–Kier alpha value is -1.21. The fourth-order valence-electron chi connectivity index (χ4n) is 1.42. The molecular weight excluding hydrogens is 312 g/mol. The monoisotopic (exact) mass is 323 g/mol. The number of aromatic hydroxyl groups is 1. The van der Waals surface area contributed by atoms with E-state index >= 15 is 0 Å². The van der Waals surface area contributed by atoms with E-state index in [-0.39, 0.29) is 17.9 Å². The first-order chi connectivity index (χ1) is 8.45. The number of alkyl halides is 2. The summed E-state index contributed by atoms with van der Waals surface area (Å²) in [6.07, 6.45) is -2.70. The van der Waals surface area contributed by atoms with Gasteiger partial charge >= 0.3 is 0 Å². The van der Waals surface area contributed by atoms with Crippen molar-refractivity contribution in [2.45, 2.75) is 6.43 Å². The highest BCUT2D eigenvalue weighted by Crippen LogP contribution is 2.23. The third-order valence-corrected chi connectivity index (χ3v) is 2.70. The van der Waals surface area contributed by atoms with Crippen molar-refractivity contribution in [2.75, 3.05) is 19.7 Å². The first kappa shape index (κ1) is 14.8. The molecule has 1 amide bonds. The third-order valence-electron chi connectivity index (χ3n) is 2.21. The molecule has 0 atom stereocenters. The molecule has 1 rings (SSSR count). The molecule has 18 heavy (non-hydrogen) atoms. The van der Waals surface area contributed by atoms with Crippen LogP contribution in [0.15, 0.2) is 22.7 Å². The van der Waals surface area contributed by atoms with Crippen LogP contribution in [0.5, 0.6) is 5.75 Å². The number of carbonyl (C=O) groups is 1. The van der Waals surface area contributed by atoms with E-state index in [9.17, 15) is 18.7 Å². The Balaban J connectivity index is 2.94. The summed E-state index contributed by atoms with van der Waals surface area (Å²) in [5.74, 6) is -1.04. The fourth-order valence-corrected chi connectivity index (χ4v) is 1.77. The Morgan fingerprint density at radius 3 is 2.61 bits per heavy atom. The van der Waals surface area contributed by atoms with Crippen LogP contribution in [0, 0.1) is 0 Å². The van der Waals surface area contributed by atoms with Crippen LogP contribution in [-0.4, -0.2) is 47.1 Å². The van der Waals surface area contributed by atoms with E-state index in [1.807, 2.05) is 0 Å². The van der Waals surface area contributed by atoms with Crippen LogP contribution in [0.3, 0.4) is 0 Å². The summed E-state index contributed by atoms with van der Waals surface area (Å²) in [5.41, 5.74) is -0.0766. The zero-order chi connectivity index (χ0) is 13.7. The van der Waals surface area contributed by atoms with Crippen LogP contribution in [0.2, 0.25) is 0 Å². The lowest BCUT2D eigenvalue weighted by Gasteiger charge is -2.21. The SMILES string of the molecule is O=C(c1ccc(Br)cc1O)N(CCO)CC(F)F. The molecule has 0 spiro atoms. The molecule has 2 N–H and O–H groups in total. The molecule has 1 aromatic carbocycles. The maximum Gasteiger partial charge on any atom is 0.257 e. The second-order valence-electron chi connectivity index (χ2n) is 3.53. The predicted molar refractivity (Wildman–Crippen MR) is 64.8 cm³/mol. The van der Waals surface area contributed by atoms with Crippen LogP contribution in [-0.2, 0) is 0 Å². The summed E-state index contributed by atoms with van der Waals surface area (Å²) in [6.45, 7) is -1.41. The summed E-state index contributed by atoms with van der Waals surface area (Å²) in [7, 11) is 0. The summed E-state index contributed by atoms with van der Waals surface area (Å²) in [5, 5.41) is 18.3. The van der Waals surface area contributed by atoms with E-state index in [1.165, 1.54) is 18.2 Å². The molecule has 0 saturated carbocycles. The lowest BCUT2D eigenvalue weighted by Crippen LogP contribution is -2.37. The Morgan fingerprint density at radius 2 is 2.11 bits per heavy atom. The van der Waals surface area contributed by atoms with Crippen molar-refractivity contribution in [1.29, 1.82) is 0 Å². The van der Waals surface area contributed by atoms with Gasteiger partial charge < -0.3 is 15.1 Å². The molecule has 0 bridgehead atoms. The number of aliphatic hydroxyl groups is 1. The number of aliphatic hydroxyl groups excluding tert-OH is 1. The van der Waals surface area contributed by atoms with Crippen molar-refractivity contribution in [3.8, 4) is 5.75 Å². The number of nitrogens with zero attached hydrogens (tertiary/aromatic N) is 1. The van der Waals surface area contributed by atoms with Crippen molar-refractivity contribution in [3.63, 3.8) is 0 Å². The molecule has 0 aromatic heterocycles. The number of amides is 1. The van der Waals surface area contributed by atoms with E-state index in [0.717, 1.165) is 4.90 Å². The molecule has 4 nitrogen and oxygen atoms in total. The van der Waals surface area contributed by atoms with Gasteiger partial charge in [-0.2, -0.15) is 0 Å². The molecule has 0 unspecified atom stereocenters. The van der Waals surface area contributed by atoms with Gasteiger partial charge in [-0.25, -0.2) is 8.78 Å². The van der Waals surface area contributed by atoms with Crippen molar-refractivity contribution in [1.82, 2.24) is 4.90 Å². The Bertz CT molecular complexity index is 429. The summed E-state index contributed by atoms with van der Waals surface area (Å²) >= 11 is 3.11. The lowest BCUT2D eigenvalue weighted by molar-refractivity contribution is 0.0506. The van der Waals surface area contributed by atoms with Gasteiger partial charge in [-0.3, -0.25) is 4.79 Å². The van der Waals surface area contributed by atoms with E-state index in [4.69, 9.17) is 5.11 Å². The number of carbonyl (C=O) groups excluding carboxylic acids is 1. The first-order valence-corrected chi connectivity index (χ1v) is 5.91. The van der Waals surface area contributed by atoms with Crippen LogP contribution in [0.1, 0.15) is 10.4 Å². The minimum Gasteiger partial charge on any atom is -0.507 e. The van der Waals surface area contributed by atoms with Gasteiger partial charge in [0.15, 0.2) is 0 Å². The second kappa shape index (κ2) is 6.65. The molecule has 0 aliphatic rings. The molecular formula is C11H12BrF2NO3. The molecule has 1 aromatic rings. The number of hydrogen-bond acceptors (Lipinski definition) is 3. The molecule has 0 aliphatic heterocycles. The fraction of sp³-hybridized carbons (Fsp3) is 0.364.